The van der Waals surface area contributed by atoms with E-state index < -0.39 is 0 Å². The molecule has 0 heterocycles. The van der Waals surface area contributed by atoms with Gasteiger partial charge in [-0.05, 0) is 184 Å². The summed E-state index contributed by atoms with van der Waals surface area (Å²) < 4.78 is 0. The molecule has 12 aromatic rings. The van der Waals surface area contributed by atoms with Gasteiger partial charge in [-0.25, -0.2) is 0 Å². The molecule has 2 aliphatic carbocycles. The van der Waals surface area contributed by atoms with Crippen LogP contribution < -0.4 is 0 Å². The van der Waals surface area contributed by atoms with Crippen LogP contribution >= 0.6 is 0 Å². The normalized spacial score (nSPS) is 12.1. The SMILES string of the molecule is Cc1cccc(C)c1-c1ccc2c(-c3ccccc3)c3c(c(-c4ccccc4)c2c1)=c1ccc2c4c(ccc=3c14)=c1c(-c3ccccc3)c3cc4ccccc4cc3c(-c3ccccc3)c1=2. The van der Waals surface area contributed by atoms with E-state index in [1.165, 1.54) is 152 Å². The second-order valence-corrected chi connectivity index (χ2v) is 18.3. The maximum absolute atomic E-state index is 2.49. The van der Waals surface area contributed by atoms with E-state index in [-0.39, 0.29) is 0 Å². The van der Waals surface area contributed by atoms with Crippen molar-refractivity contribution in [2.75, 3.05) is 0 Å². The second-order valence-electron chi connectivity index (χ2n) is 18.3. The van der Waals surface area contributed by atoms with Crippen molar-refractivity contribution in [3.63, 3.8) is 0 Å². The molecule has 0 unspecified atom stereocenters. The summed E-state index contributed by atoms with van der Waals surface area (Å²) in [6.45, 7) is 4.49. The molecular formula is C66H42. The van der Waals surface area contributed by atoms with Crippen LogP contribution in [0.3, 0.4) is 0 Å². The van der Waals surface area contributed by atoms with E-state index >= 15 is 0 Å². The van der Waals surface area contributed by atoms with Crippen molar-refractivity contribution < 1.29 is 0 Å². The summed E-state index contributed by atoms with van der Waals surface area (Å²) in [6.07, 6.45) is 0. The Labute approximate surface area is 382 Å². The van der Waals surface area contributed by atoms with Gasteiger partial charge in [0.2, 0.25) is 0 Å². The lowest BCUT2D eigenvalue weighted by Crippen LogP contribution is -1.94. The van der Waals surface area contributed by atoms with Gasteiger partial charge in [-0.1, -0.05) is 200 Å². The molecule has 0 bridgehead atoms. The highest BCUT2D eigenvalue weighted by atomic mass is 14.3. The zero-order chi connectivity index (χ0) is 43.6. The molecule has 12 aromatic carbocycles. The molecule has 0 nitrogen and oxygen atoms in total. The van der Waals surface area contributed by atoms with Crippen molar-refractivity contribution in [1.82, 2.24) is 0 Å². The van der Waals surface area contributed by atoms with Gasteiger partial charge in [-0.2, -0.15) is 0 Å². The molecule has 2 aliphatic rings. The Bertz CT molecular complexity index is 4340. The maximum atomic E-state index is 2.49. The molecule has 0 radical (unpaired) electrons. The lowest BCUT2D eigenvalue weighted by atomic mass is 9.86. The Morgan fingerprint density at radius 2 is 0.561 bits per heavy atom. The first-order valence-electron chi connectivity index (χ1n) is 23.2. The Kier molecular flexibility index (Phi) is 7.92. The predicted molar refractivity (Wildman–Crippen MR) is 277 cm³/mol. The first-order valence-corrected chi connectivity index (χ1v) is 23.2. The molecular weight excluding hydrogens is 793 g/mol. The molecule has 0 spiro atoms. The molecule has 0 aliphatic heterocycles. The summed E-state index contributed by atoms with van der Waals surface area (Å²) in [5, 5.41) is 20.9. The van der Waals surface area contributed by atoms with Crippen molar-refractivity contribution in [3.05, 3.63) is 271 Å². The number of hydrogen-bond acceptors (Lipinski definition) is 0. The number of fused-ring (bicyclic) bond motifs is 5. The Morgan fingerprint density at radius 1 is 0.227 bits per heavy atom. The lowest BCUT2D eigenvalue weighted by Gasteiger charge is -2.17. The Morgan fingerprint density at radius 3 is 0.939 bits per heavy atom. The average Bonchev–Trinajstić information content (AvgIpc) is 3.87. The van der Waals surface area contributed by atoms with Crippen molar-refractivity contribution in [3.8, 4) is 55.6 Å². The van der Waals surface area contributed by atoms with Gasteiger partial charge in [-0.3, -0.25) is 0 Å². The average molecular weight is 835 g/mol. The van der Waals surface area contributed by atoms with Gasteiger partial charge in [0.15, 0.2) is 0 Å². The van der Waals surface area contributed by atoms with E-state index in [1.54, 1.807) is 0 Å². The van der Waals surface area contributed by atoms with E-state index in [1.807, 2.05) is 0 Å². The van der Waals surface area contributed by atoms with Gasteiger partial charge in [0.05, 0.1) is 0 Å². The smallest absolute Gasteiger partial charge is 0.000740 e. The van der Waals surface area contributed by atoms with Crippen LogP contribution in [0.5, 0.6) is 0 Å². The highest BCUT2D eigenvalue weighted by molar-refractivity contribution is 6.13. The lowest BCUT2D eigenvalue weighted by molar-refractivity contribution is 1.38. The van der Waals surface area contributed by atoms with E-state index in [0.717, 1.165) is 0 Å². The minimum absolute atomic E-state index is 1.23. The largest absolute Gasteiger partial charge is 0.0622 e. The van der Waals surface area contributed by atoms with Gasteiger partial charge in [0, 0.05) is 0 Å². The fourth-order valence-electron chi connectivity index (χ4n) is 12.1. The van der Waals surface area contributed by atoms with Crippen LogP contribution in [0.15, 0.2) is 218 Å². The first kappa shape index (κ1) is 37.1. The fraction of sp³-hybridized carbons (Fsp3) is 0.0303. The summed E-state index contributed by atoms with van der Waals surface area (Å²) in [5.74, 6) is 0. The number of rotatable bonds is 5. The summed E-state index contributed by atoms with van der Waals surface area (Å²) >= 11 is 0. The molecule has 0 aromatic heterocycles. The van der Waals surface area contributed by atoms with Gasteiger partial charge in [0.1, 0.15) is 0 Å². The molecule has 14 rings (SSSR count). The quantitative estimate of drug-likeness (QED) is 0.152. The van der Waals surface area contributed by atoms with Crippen molar-refractivity contribution in [2.24, 2.45) is 0 Å². The van der Waals surface area contributed by atoms with Gasteiger partial charge >= 0.3 is 0 Å². The van der Waals surface area contributed by atoms with Crippen LogP contribution in [0.2, 0.25) is 0 Å². The van der Waals surface area contributed by atoms with Crippen LogP contribution in [-0.4, -0.2) is 0 Å². The summed E-state index contributed by atoms with van der Waals surface area (Å²) in [4.78, 5) is 0. The fourth-order valence-corrected chi connectivity index (χ4v) is 12.1. The van der Waals surface area contributed by atoms with Crippen LogP contribution in [0.25, 0.3) is 98.7 Å². The Hall–Kier alpha value is -8.32. The summed E-state index contributed by atoms with van der Waals surface area (Å²) in [7, 11) is 0. The van der Waals surface area contributed by atoms with Gasteiger partial charge < -0.3 is 0 Å². The summed E-state index contributed by atoms with van der Waals surface area (Å²) in [5.41, 5.74) is 15.3. The first-order chi connectivity index (χ1) is 32.6. The van der Waals surface area contributed by atoms with Crippen LogP contribution in [0.4, 0.5) is 0 Å². The minimum atomic E-state index is 1.23. The van der Waals surface area contributed by atoms with Gasteiger partial charge in [-0.15, -0.1) is 0 Å². The van der Waals surface area contributed by atoms with Crippen LogP contribution in [-0.2, 0) is 0 Å². The molecule has 0 saturated heterocycles. The molecule has 0 saturated carbocycles. The number of benzene rings is 12. The van der Waals surface area contributed by atoms with Crippen LogP contribution in [0, 0.1) is 55.6 Å². The highest BCUT2D eigenvalue weighted by Gasteiger charge is 2.25. The highest BCUT2D eigenvalue weighted by Crippen LogP contribution is 2.47. The van der Waals surface area contributed by atoms with E-state index in [2.05, 4.69) is 232 Å². The van der Waals surface area contributed by atoms with Crippen molar-refractivity contribution >= 4 is 43.1 Å². The molecule has 0 fully saturated rings. The van der Waals surface area contributed by atoms with E-state index in [4.69, 9.17) is 0 Å². The molecule has 66 heavy (non-hydrogen) atoms. The van der Waals surface area contributed by atoms with Crippen molar-refractivity contribution in [2.45, 2.75) is 13.8 Å². The number of hydrogen-bond donors (Lipinski definition) is 0. The predicted octanol–water partition coefficient (Wildman–Crippen LogP) is 17.0. The molecule has 306 valence electrons. The zero-order valence-electron chi connectivity index (χ0n) is 36.8. The number of aryl methyl sites for hydroxylation is 2. The monoisotopic (exact) mass is 834 g/mol. The van der Waals surface area contributed by atoms with E-state index in [0.29, 0.717) is 0 Å². The van der Waals surface area contributed by atoms with Crippen molar-refractivity contribution in [1.29, 1.82) is 0 Å². The minimum Gasteiger partial charge on any atom is -0.0622 e. The topological polar surface area (TPSA) is 0 Å². The zero-order valence-corrected chi connectivity index (χ0v) is 36.8. The molecule has 0 atom stereocenters. The van der Waals surface area contributed by atoms with E-state index in [9.17, 15) is 0 Å². The standard InChI is InChI=1S/C66H42/c1-39-18-17-19-40(2)56(39)47-30-31-48-53(38-47)58(42-22-9-4-10-23-42)64-50-34-35-52-62-51(33-32-49(61(50)62)63(64)57(48)41-20-7-3-8-21-41)65-59(43-24-11-5-12-25-43)54-36-45-28-15-16-29-46(45)37-55(54)60(66(52)65)44-26-13-6-14-27-44/h3-38H,1-2H3. The Balaban J connectivity index is 1.28. The summed E-state index contributed by atoms with van der Waals surface area (Å²) in [6, 6.07) is 82.0. The van der Waals surface area contributed by atoms with Crippen LogP contribution in [0.1, 0.15) is 11.1 Å². The third kappa shape index (κ3) is 5.16. The maximum Gasteiger partial charge on any atom is -0.000740 e. The third-order valence-corrected chi connectivity index (χ3v) is 14.7. The second kappa shape index (κ2) is 14.1. The molecule has 0 amide bonds. The third-order valence-electron chi connectivity index (χ3n) is 14.7. The molecule has 0 heteroatoms. The molecule has 0 N–H and O–H groups in total. The van der Waals surface area contributed by atoms with Gasteiger partial charge in [0.25, 0.3) is 0 Å².